The van der Waals surface area contributed by atoms with Crippen LogP contribution in [0.5, 0.6) is 0 Å². The van der Waals surface area contributed by atoms with Crippen LogP contribution >= 0.6 is 11.3 Å². The Labute approximate surface area is 248 Å². The van der Waals surface area contributed by atoms with E-state index in [4.69, 9.17) is 14.0 Å². The van der Waals surface area contributed by atoms with Crippen LogP contribution < -0.4 is 4.90 Å². The van der Waals surface area contributed by atoms with E-state index in [1.807, 2.05) is 0 Å². The molecular formula is C31H29F4N3O4S. The Kier molecular flexibility index (Phi) is 7.16. The molecule has 0 amide bonds. The Morgan fingerprint density at radius 1 is 1.12 bits per heavy atom. The quantitative estimate of drug-likeness (QED) is 0.157. The number of methoxy groups -OCH3 is 1. The maximum Gasteiger partial charge on any atom is 0.417 e. The SMILES string of the molecule is COC(=O)c1cc(F)c2nc(N3C[C@H]4CC(OCc5c(-c6ccccc6C(F)(F)F)noc5C5CC5)CC[C@H]4C3)sc2c1. The molecule has 0 radical (unpaired) electrons. The number of halogens is 4. The lowest BCUT2D eigenvalue weighted by Crippen LogP contribution is -2.28. The van der Waals surface area contributed by atoms with Crippen LogP contribution in [0.3, 0.4) is 0 Å². The highest BCUT2D eigenvalue weighted by Gasteiger charge is 2.41. The number of aromatic nitrogens is 2. The molecular weight excluding hydrogens is 586 g/mol. The van der Waals surface area contributed by atoms with Crippen LogP contribution in [0.4, 0.5) is 22.7 Å². The van der Waals surface area contributed by atoms with E-state index in [0.717, 1.165) is 57.3 Å². The molecule has 3 atom stereocenters. The molecule has 2 saturated carbocycles. The van der Waals surface area contributed by atoms with E-state index >= 15 is 0 Å². The van der Waals surface area contributed by atoms with Gasteiger partial charge in [-0.2, -0.15) is 13.2 Å². The molecule has 0 N–H and O–H groups in total. The minimum atomic E-state index is -4.52. The van der Waals surface area contributed by atoms with Crippen molar-refractivity contribution in [3.63, 3.8) is 0 Å². The lowest BCUT2D eigenvalue weighted by Gasteiger charge is -2.30. The van der Waals surface area contributed by atoms with E-state index < -0.39 is 23.5 Å². The first kappa shape index (κ1) is 28.3. The van der Waals surface area contributed by atoms with Crippen molar-refractivity contribution < 1.29 is 36.4 Å². The van der Waals surface area contributed by atoms with Crippen LogP contribution in [-0.2, 0) is 22.3 Å². The Balaban J connectivity index is 1.06. The number of alkyl halides is 3. The van der Waals surface area contributed by atoms with Gasteiger partial charge in [-0.15, -0.1) is 0 Å². The highest BCUT2D eigenvalue weighted by atomic mass is 32.1. The van der Waals surface area contributed by atoms with Gasteiger partial charge in [0, 0.05) is 30.1 Å². The third-order valence-electron chi connectivity index (χ3n) is 8.85. The molecule has 0 bridgehead atoms. The molecule has 3 heterocycles. The van der Waals surface area contributed by atoms with Gasteiger partial charge in [0.15, 0.2) is 10.9 Å². The van der Waals surface area contributed by atoms with Crippen molar-refractivity contribution in [2.45, 2.75) is 56.9 Å². The molecule has 226 valence electrons. The third-order valence-corrected chi connectivity index (χ3v) is 9.91. The minimum Gasteiger partial charge on any atom is -0.465 e. The largest absolute Gasteiger partial charge is 0.465 e. The molecule has 4 aromatic rings. The lowest BCUT2D eigenvalue weighted by molar-refractivity contribution is -0.137. The van der Waals surface area contributed by atoms with E-state index in [2.05, 4.69) is 15.0 Å². The topological polar surface area (TPSA) is 77.7 Å². The van der Waals surface area contributed by atoms with Gasteiger partial charge in [-0.1, -0.05) is 34.7 Å². The number of carbonyl (C=O) groups excluding carboxylic acids is 1. The summed E-state index contributed by atoms with van der Waals surface area (Å²) in [6.07, 6.45) is -0.129. The number of carbonyl (C=O) groups is 1. The number of benzene rings is 2. The van der Waals surface area contributed by atoms with Gasteiger partial charge in [0.1, 0.15) is 17.0 Å². The number of fused-ring (bicyclic) bond motifs is 2. The second kappa shape index (κ2) is 10.9. The van der Waals surface area contributed by atoms with Crippen LogP contribution in [0.15, 0.2) is 40.9 Å². The first-order chi connectivity index (χ1) is 20.7. The number of thiazole rings is 1. The van der Waals surface area contributed by atoms with E-state index in [1.165, 1.54) is 30.6 Å². The number of hydrogen-bond acceptors (Lipinski definition) is 8. The van der Waals surface area contributed by atoms with Crippen LogP contribution in [0.25, 0.3) is 21.5 Å². The zero-order chi connectivity index (χ0) is 29.9. The van der Waals surface area contributed by atoms with Crippen molar-refractivity contribution >= 4 is 32.7 Å². The number of anilines is 1. The van der Waals surface area contributed by atoms with Crippen molar-refractivity contribution in [2.24, 2.45) is 11.8 Å². The highest BCUT2D eigenvalue weighted by Crippen LogP contribution is 2.47. The van der Waals surface area contributed by atoms with Crippen LogP contribution in [0.1, 0.15) is 65.3 Å². The lowest BCUT2D eigenvalue weighted by atomic mass is 9.80. The molecule has 2 aromatic heterocycles. The fourth-order valence-electron chi connectivity index (χ4n) is 6.52. The summed E-state index contributed by atoms with van der Waals surface area (Å²) in [6, 6.07) is 8.21. The van der Waals surface area contributed by atoms with Crippen molar-refractivity contribution in [3.8, 4) is 11.3 Å². The summed E-state index contributed by atoms with van der Waals surface area (Å²) in [5, 5.41) is 4.82. The zero-order valence-electron chi connectivity index (χ0n) is 23.3. The molecule has 3 fully saturated rings. The average Bonchev–Trinajstić information content (AvgIpc) is 3.39. The highest BCUT2D eigenvalue weighted by molar-refractivity contribution is 7.22. The van der Waals surface area contributed by atoms with Crippen LogP contribution in [0, 0.1) is 17.7 Å². The minimum absolute atomic E-state index is 0.00497. The van der Waals surface area contributed by atoms with E-state index in [0.29, 0.717) is 33.0 Å². The Morgan fingerprint density at radius 3 is 2.67 bits per heavy atom. The molecule has 1 saturated heterocycles. The second-order valence-electron chi connectivity index (χ2n) is 11.7. The summed E-state index contributed by atoms with van der Waals surface area (Å²) in [6.45, 7) is 1.70. The molecule has 43 heavy (non-hydrogen) atoms. The zero-order valence-corrected chi connectivity index (χ0v) is 24.1. The van der Waals surface area contributed by atoms with Gasteiger partial charge in [0.25, 0.3) is 0 Å². The van der Waals surface area contributed by atoms with Gasteiger partial charge in [-0.3, -0.25) is 0 Å². The molecule has 7 rings (SSSR count). The fraction of sp³-hybridized carbons (Fsp3) is 0.452. The van der Waals surface area contributed by atoms with Gasteiger partial charge in [-0.05, 0) is 62.1 Å². The molecule has 2 aromatic carbocycles. The number of hydrogen-bond donors (Lipinski definition) is 0. The van der Waals surface area contributed by atoms with Crippen molar-refractivity contribution in [1.29, 1.82) is 0 Å². The Morgan fingerprint density at radius 2 is 1.91 bits per heavy atom. The predicted octanol–water partition coefficient (Wildman–Crippen LogP) is 7.59. The average molecular weight is 616 g/mol. The van der Waals surface area contributed by atoms with Crippen molar-refractivity contribution in [2.75, 3.05) is 25.1 Å². The number of ether oxygens (including phenoxy) is 2. The molecule has 1 unspecified atom stereocenters. The smallest absolute Gasteiger partial charge is 0.417 e. The first-order valence-electron chi connectivity index (χ1n) is 14.4. The Bertz CT molecular complexity index is 1680. The number of nitrogens with zero attached hydrogens (tertiary/aromatic N) is 3. The molecule has 1 aliphatic heterocycles. The van der Waals surface area contributed by atoms with Gasteiger partial charge in [0.05, 0.1) is 35.6 Å². The van der Waals surface area contributed by atoms with Crippen LogP contribution in [-0.4, -0.2) is 42.4 Å². The van der Waals surface area contributed by atoms with Crippen molar-refractivity contribution in [1.82, 2.24) is 10.1 Å². The summed E-state index contributed by atoms with van der Waals surface area (Å²) in [5.41, 5.74) is 0.471. The van der Waals surface area contributed by atoms with Crippen molar-refractivity contribution in [3.05, 3.63) is 64.7 Å². The summed E-state index contributed by atoms with van der Waals surface area (Å²) < 4.78 is 73.5. The molecule has 0 spiro atoms. The predicted molar refractivity (Wildman–Crippen MR) is 151 cm³/mol. The second-order valence-corrected chi connectivity index (χ2v) is 12.7. The first-order valence-corrected chi connectivity index (χ1v) is 15.2. The van der Waals surface area contributed by atoms with E-state index in [9.17, 15) is 22.4 Å². The normalized spacial score (nSPS) is 22.3. The molecule has 2 aliphatic carbocycles. The fourth-order valence-corrected chi connectivity index (χ4v) is 7.56. The molecule has 7 nitrogen and oxygen atoms in total. The standard InChI is InChI=1S/C31H29F4N3O4S/c1-40-29(39)18-11-24(32)27-25(12-18)43-30(36-27)38-13-17-8-9-20(10-19(17)14-38)41-15-22-26(37-42-28(22)16-6-7-16)21-4-2-3-5-23(21)31(33,34)35/h2-5,11-12,16-17,19-20H,6-10,13-15H2,1H3/t17-,19+,20?/m0/s1. The molecule has 12 heteroatoms. The number of esters is 1. The summed E-state index contributed by atoms with van der Waals surface area (Å²) >= 11 is 1.36. The maximum absolute atomic E-state index is 14.7. The van der Waals surface area contributed by atoms with Crippen LogP contribution in [0.2, 0.25) is 0 Å². The molecule has 3 aliphatic rings. The third kappa shape index (κ3) is 5.39. The van der Waals surface area contributed by atoms with E-state index in [1.54, 1.807) is 12.1 Å². The summed E-state index contributed by atoms with van der Waals surface area (Å²) in [7, 11) is 1.26. The van der Waals surface area contributed by atoms with Gasteiger partial charge < -0.3 is 18.9 Å². The maximum atomic E-state index is 14.7. The number of rotatable bonds is 7. The monoisotopic (exact) mass is 615 g/mol. The van der Waals surface area contributed by atoms with Gasteiger partial charge in [-0.25, -0.2) is 14.2 Å². The van der Waals surface area contributed by atoms with Gasteiger partial charge in [0.2, 0.25) is 0 Å². The summed E-state index contributed by atoms with van der Waals surface area (Å²) in [4.78, 5) is 18.7. The Hall–Kier alpha value is -3.51. The van der Waals surface area contributed by atoms with Gasteiger partial charge >= 0.3 is 12.1 Å². The summed E-state index contributed by atoms with van der Waals surface area (Å²) in [5.74, 6) is 0.430. The van der Waals surface area contributed by atoms with E-state index in [-0.39, 0.29) is 41.0 Å².